The summed E-state index contributed by atoms with van der Waals surface area (Å²) in [6.45, 7) is 1.93. The van der Waals surface area contributed by atoms with Crippen LogP contribution >= 0.6 is 0 Å². The molecule has 0 bridgehead atoms. The Balaban J connectivity index is 1.90. The Labute approximate surface area is 148 Å². The first-order valence-electron chi connectivity index (χ1n) is 8.07. The van der Waals surface area contributed by atoms with E-state index in [0.29, 0.717) is 29.9 Å². The fraction of sp³-hybridized carbons (Fsp3) is 0.300. The highest BCUT2D eigenvalue weighted by Crippen LogP contribution is 2.28. The van der Waals surface area contributed by atoms with Gasteiger partial charge in [0, 0.05) is 6.42 Å². The molecule has 0 aliphatic heterocycles. The molecule has 2 rings (SSSR count). The summed E-state index contributed by atoms with van der Waals surface area (Å²) in [4.78, 5) is 12.2. The van der Waals surface area contributed by atoms with Crippen LogP contribution in [-0.2, 0) is 11.2 Å². The Morgan fingerprint density at radius 2 is 1.80 bits per heavy atom. The molecule has 0 radical (unpaired) electrons. The van der Waals surface area contributed by atoms with Crippen molar-refractivity contribution in [2.24, 2.45) is 0 Å². The summed E-state index contributed by atoms with van der Waals surface area (Å²) in [6.07, 6.45) is 1.00. The van der Waals surface area contributed by atoms with E-state index in [-0.39, 0.29) is 11.9 Å². The number of carbonyl (C=O) groups is 1. The Bertz CT molecular complexity index is 764. The number of aryl methyl sites for hydroxylation is 1. The van der Waals surface area contributed by atoms with Gasteiger partial charge in [0.2, 0.25) is 5.91 Å². The summed E-state index contributed by atoms with van der Waals surface area (Å²) < 4.78 is 10.5. The van der Waals surface area contributed by atoms with Crippen molar-refractivity contribution in [3.63, 3.8) is 0 Å². The zero-order chi connectivity index (χ0) is 18.2. The minimum atomic E-state index is -0.106. The summed E-state index contributed by atoms with van der Waals surface area (Å²) in [6, 6.07) is 14.9. The third-order valence-electron chi connectivity index (χ3n) is 4.01. The van der Waals surface area contributed by atoms with Gasteiger partial charge in [-0.1, -0.05) is 18.2 Å². The molecule has 0 aliphatic carbocycles. The van der Waals surface area contributed by atoms with Gasteiger partial charge in [-0.05, 0) is 48.7 Å². The van der Waals surface area contributed by atoms with E-state index in [1.165, 1.54) is 0 Å². The van der Waals surface area contributed by atoms with Crippen molar-refractivity contribution in [2.45, 2.75) is 25.8 Å². The van der Waals surface area contributed by atoms with E-state index in [1.54, 1.807) is 26.4 Å². The van der Waals surface area contributed by atoms with Crippen LogP contribution in [0.25, 0.3) is 0 Å². The minimum Gasteiger partial charge on any atom is -0.493 e. The fourth-order valence-corrected chi connectivity index (χ4v) is 2.54. The average Bonchev–Trinajstić information content (AvgIpc) is 2.66. The number of hydrogen-bond donors (Lipinski definition) is 1. The Kier molecular flexibility index (Phi) is 6.41. The first-order chi connectivity index (χ1) is 12.1. The molecule has 0 spiro atoms. The summed E-state index contributed by atoms with van der Waals surface area (Å²) in [5.74, 6) is 1.31. The Hall–Kier alpha value is -3.00. The van der Waals surface area contributed by atoms with E-state index in [4.69, 9.17) is 14.7 Å². The number of carbonyl (C=O) groups excluding carboxylic acids is 1. The molecular weight excluding hydrogens is 316 g/mol. The van der Waals surface area contributed by atoms with Crippen LogP contribution in [0.2, 0.25) is 0 Å². The van der Waals surface area contributed by atoms with Gasteiger partial charge < -0.3 is 14.8 Å². The second-order valence-electron chi connectivity index (χ2n) is 5.71. The molecule has 1 amide bonds. The topological polar surface area (TPSA) is 71.3 Å². The first-order valence-corrected chi connectivity index (χ1v) is 8.07. The van der Waals surface area contributed by atoms with Crippen LogP contribution in [0, 0.1) is 11.3 Å². The molecule has 25 heavy (non-hydrogen) atoms. The number of nitrogens with zero attached hydrogens (tertiary/aromatic N) is 1. The molecule has 0 heterocycles. The molecule has 1 N–H and O–H groups in total. The first kappa shape index (κ1) is 18.3. The van der Waals surface area contributed by atoms with Crippen molar-refractivity contribution in [2.75, 3.05) is 14.2 Å². The quantitative estimate of drug-likeness (QED) is 0.840. The number of methoxy groups -OCH3 is 2. The lowest BCUT2D eigenvalue weighted by Crippen LogP contribution is -2.26. The summed E-state index contributed by atoms with van der Waals surface area (Å²) >= 11 is 0. The molecule has 130 valence electrons. The van der Waals surface area contributed by atoms with Gasteiger partial charge in [-0.3, -0.25) is 4.79 Å². The zero-order valence-corrected chi connectivity index (χ0v) is 14.7. The zero-order valence-electron chi connectivity index (χ0n) is 14.7. The number of ether oxygens (including phenoxy) is 2. The third-order valence-corrected chi connectivity index (χ3v) is 4.01. The molecule has 2 aromatic rings. The van der Waals surface area contributed by atoms with Crippen molar-refractivity contribution in [1.29, 1.82) is 5.26 Å². The van der Waals surface area contributed by atoms with Crippen molar-refractivity contribution >= 4 is 5.91 Å². The summed E-state index contributed by atoms with van der Waals surface area (Å²) in [5, 5.41) is 11.8. The summed E-state index contributed by atoms with van der Waals surface area (Å²) in [7, 11) is 3.18. The Morgan fingerprint density at radius 1 is 1.12 bits per heavy atom. The highest BCUT2D eigenvalue weighted by atomic mass is 16.5. The second kappa shape index (κ2) is 8.74. The number of rotatable bonds is 7. The standard InChI is InChI=1S/C20H22N2O3/c1-14(17-8-4-16(13-21)5-9-17)22-20(23)11-7-15-6-10-18(24-2)19(12-15)25-3/h4-6,8-10,12,14H,7,11H2,1-3H3,(H,22,23). The van der Waals surface area contributed by atoms with Crippen LogP contribution in [0.1, 0.15) is 36.1 Å². The lowest BCUT2D eigenvalue weighted by Gasteiger charge is -2.15. The van der Waals surface area contributed by atoms with Gasteiger partial charge in [0.25, 0.3) is 0 Å². The molecule has 0 saturated carbocycles. The van der Waals surface area contributed by atoms with Crippen molar-refractivity contribution < 1.29 is 14.3 Å². The number of nitriles is 1. The normalized spacial score (nSPS) is 11.3. The van der Waals surface area contributed by atoms with Gasteiger partial charge in [0.05, 0.1) is 31.9 Å². The number of benzene rings is 2. The highest BCUT2D eigenvalue weighted by Gasteiger charge is 2.11. The minimum absolute atomic E-state index is 0.0216. The summed E-state index contributed by atoms with van der Waals surface area (Å²) in [5.41, 5.74) is 2.59. The molecule has 2 aromatic carbocycles. The average molecular weight is 338 g/mol. The molecule has 0 saturated heterocycles. The maximum Gasteiger partial charge on any atom is 0.220 e. The van der Waals surface area contributed by atoms with Gasteiger partial charge >= 0.3 is 0 Å². The van der Waals surface area contributed by atoms with Crippen LogP contribution in [0.5, 0.6) is 11.5 Å². The highest BCUT2D eigenvalue weighted by molar-refractivity contribution is 5.76. The predicted molar refractivity (Wildman–Crippen MR) is 95.6 cm³/mol. The van der Waals surface area contributed by atoms with E-state index < -0.39 is 0 Å². The van der Waals surface area contributed by atoms with Gasteiger partial charge in [0.1, 0.15) is 0 Å². The lowest BCUT2D eigenvalue weighted by atomic mass is 10.1. The molecule has 0 aliphatic rings. The smallest absolute Gasteiger partial charge is 0.220 e. The van der Waals surface area contributed by atoms with E-state index in [2.05, 4.69) is 11.4 Å². The molecular formula is C20H22N2O3. The molecule has 5 nitrogen and oxygen atoms in total. The van der Waals surface area contributed by atoms with E-state index in [0.717, 1.165) is 11.1 Å². The third kappa shape index (κ3) is 4.98. The number of hydrogen-bond acceptors (Lipinski definition) is 4. The molecule has 0 fully saturated rings. The van der Waals surface area contributed by atoms with E-state index >= 15 is 0 Å². The van der Waals surface area contributed by atoms with Gasteiger partial charge in [-0.2, -0.15) is 5.26 Å². The maximum atomic E-state index is 12.2. The van der Waals surface area contributed by atoms with Gasteiger partial charge in [-0.15, -0.1) is 0 Å². The lowest BCUT2D eigenvalue weighted by molar-refractivity contribution is -0.121. The van der Waals surface area contributed by atoms with E-state index in [1.807, 2.05) is 37.3 Å². The molecule has 1 atom stereocenters. The monoisotopic (exact) mass is 338 g/mol. The predicted octanol–water partition coefficient (Wildman–Crippen LogP) is 3.39. The van der Waals surface area contributed by atoms with E-state index in [9.17, 15) is 4.79 Å². The molecule has 1 unspecified atom stereocenters. The fourth-order valence-electron chi connectivity index (χ4n) is 2.54. The van der Waals surface area contributed by atoms with Gasteiger partial charge in [0.15, 0.2) is 11.5 Å². The van der Waals surface area contributed by atoms with Crippen LogP contribution in [0.3, 0.4) is 0 Å². The largest absolute Gasteiger partial charge is 0.493 e. The molecule has 5 heteroatoms. The van der Waals surface area contributed by atoms with Crippen molar-refractivity contribution in [1.82, 2.24) is 5.32 Å². The van der Waals surface area contributed by atoms with Crippen LogP contribution < -0.4 is 14.8 Å². The van der Waals surface area contributed by atoms with Gasteiger partial charge in [-0.25, -0.2) is 0 Å². The van der Waals surface area contributed by atoms with Crippen LogP contribution in [0.4, 0.5) is 0 Å². The molecule has 0 aromatic heterocycles. The Morgan fingerprint density at radius 3 is 2.40 bits per heavy atom. The SMILES string of the molecule is COc1ccc(CCC(=O)NC(C)c2ccc(C#N)cc2)cc1OC. The van der Waals surface area contributed by atoms with Crippen LogP contribution in [0.15, 0.2) is 42.5 Å². The maximum absolute atomic E-state index is 12.2. The van der Waals surface area contributed by atoms with Crippen molar-refractivity contribution in [3.05, 3.63) is 59.2 Å². The second-order valence-corrected chi connectivity index (χ2v) is 5.71. The number of nitrogens with one attached hydrogen (secondary N) is 1. The van der Waals surface area contributed by atoms with Crippen LogP contribution in [-0.4, -0.2) is 20.1 Å². The number of amides is 1. The van der Waals surface area contributed by atoms with Crippen molar-refractivity contribution in [3.8, 4) is 17.6 Å².